The minimum Gasteiger partial charge on any atom is -0.378 e. The van der Waals surface area contributed by atoms with Crippen molar-refractivity contribution in [3.63, 3.8) is 0 Å². The van der Waals surface area contributed by atoms with E-state index >= 15 is 0 Å². The number of pyridine rings is 1. The first kappa shape index (κ1) is 13.9. The second-order valence-corrected chi connectivity index (χ2v) is 3.92. The molecule has 92 valence electrons. The number of thioether (sulfide) groups is 1. The van der Waals surface area contributed by atoms with E-state index in [2.05, 4.69) is 15.9 Å². The zero-order valence-electron chi connectivity index (χ0n) is 10.0. The van der Waals surface area contributed by atoms with Crippen LogP contribution in [0.4, 0.5) is 0 Å². The number of hydrogen-bond acceptors (Lipinski definition) is 6. The lowest BCUT2D eigenvalue weighted by molar-refractivity contribution is -0.282. The van der Waals surface area contributed by atoms with E-state index in [4.69, 9.17) is 14.9 Å². The van der Waals surface area contributed by atoms with Crippen molar-refractivity contribution in [3.05, 3.63) is 22.9 Å². The smallest absolute Gasteiger partial charge is 0.114 e. The van der Waals surface area contributed by atoms with Crippen molar-refractivity contribution in [2.75, 3.05) is 20.5 Å². The summed E-state index contributed by atoms with van der Waals surface area (Å²) >= 11 is 1.43. The van der Waals surface area contributed by atoms with E-state index in [0.717, 1.165) is 11.3 Å². The highest BCUT2D eigenvalue weighted by Crippen LogP contribution is 2.21. The summed E-state index contributed by atoms with van der Waals surface area (Å²) < 4.78 is 5.07. The molecule has 0 saturated carbocycles. The zero-order chi connectivity index (χ0) is 12.7. The first-order valence-corrected chi connectivity index (χ1v) is 6.10. The van der Waals surface area contributed by atoms with Gasteiger partial charge in [0.25, 0.3) is 0 Å². The lowest BCUT2D eigenvalue weighted by Gasteiger charge is -2.10. The van der Waals surface area contributed by atoms with E-state index in [-0.39, 0.29) is 6.61 Å². The third-order valence-electron chi connectivity index (χ3n) is 2.08. The van der Waals surface area contributed by atoms with Crippen LogP contribution in [0.1, 0.15) is 16.8 Å². The Labute approximate surface area is 105 Å². The predicted molar refractivity (Wildman–Crippen MR) is 63.2 cm³/mol. The lowest BCUT2D eigenvalue weighted by atomic mass is 10.1. The number of nitriles is 1. The van der Waals surface area contributed by atoms with Gasteiger partial charge in [0.15, 0.2) is 0 Å². The van der Waals surface area contributed by atoms with Gasteiger partial charge in [-0.15, -0.1) is 11.8 Å². The lowest BCUT2D eigenvalue weighted by Crippen LogP contribution is -2.04. The maximum absolute atomic E-state index is 9.01. The Bertz CT molecular complexity index is 418. The summed E-state index contributed by atoms with van der Waals surface area (Å²) in [6.45, 7) is 0.618. The van der Waals surface area contributed by atoms with Gasteiger partial charge in [-0.25, -0.2) is 14.8 Å². The van der Waals surface area contributed by atoms with Gasteiger partial charge in [-0.05, 0) is 12.3 Å². The molecule has 0 saturated heterocycles. The molecule has 0 unspecified atom stereocenters. The molecule has 0 amide bonds. The molecule has 17 heavy (non-hydrogen) atoms. The molecule has 6 heteroatoms. The van der Waals surface area contributed by atoms with Crippen molar-refractivity contribution in [3.8, 4) is 6.07 Å². The molecule has 0 spiro atoms. The van der Waals surface area contributed by atoms with Crippen molar-refractivity contribution in [2.24, 2.45) is 0 Å². The van der Waals surface area contributed by atoms with Gasteiger partial charge in [0.1, 0.15) is 17.7 Å². The van der Waals surface area contributed by atoms with Crippen molar-refractivity contribution in [2.45, 2.75) is 18.2 Å². The average molecular weight is 254 g/mol. The van der Waals surface area contributed by atoms with Crippen LogP contribution in [0.2, 0.25) is 0 Å². The fourth-order valence-corrected chi connectivity index (χ4v) is 1.84. The number of aromatic nitrogens is 1. The summed E-state index contributed by atoms with van der Waals surface area (Å²) in [6.07, 6.45) is 1.88. The number of hydrogen-bond donors (Lipinski definition) is 0. The van der Waals surface area contributed by atoms with Crippen LogP contribution >= 0.6 is 11.8 Å². The summed E-state index contributed by atoms with van der Waals surface area (Å²) in [5.41, 5.74) is 2.09. The normalized spacial score (nSPS) is 10.2. The van der Waals surface area contributed by atoms with Crippen LogP contribution in [0, 0.1) is 11.3 Å². The van der Waals surface area contributed by atoms with Crippen LogP contribution < -0.4 is 0 Å². The topological polar surface area (TPSA) is 64.4 Å². The van der Waals surface area contributed by atoms with Crippen molar-refractivity contribution in [1.82, 2.24) is 4.98 Å². The fourth-order valence-electron chi connectivity index (χ4n) is 1.32. The fraction of sp³-hybridized carbons (Fsp3) is 0.455. The second-order valence-electron chi connectivity index (χ2n) is 3.12. The molecule has 0 bridgehead atoms. The highest BCUT2D eigenvalue weighted by molar-refractivity contribution is 7.98. The van der Waals surface area contributed by atoms with Crippen molar-refractivity contribution >= 4 is 11.8 Å². The molecule has 1 aromatic rings. The van der Waals surface area contributed by atoms with Gasteiger partial charge in [0, 0.05) is 12.7 Å². The molecule has 0 aliphatic heterocycles. The van der Waals surface area contributed by atoms with E-state index in [1.807, 2.05) is 6.26 Å². The molecular weight excluding hydrogens is 240 g/mol. The Kier molecular flexibility index (Phi) is 5.94. The first-order valence-electron chi connectivity index (χ1n) is 4.88. The number of methoxy groups -OCH3 is 1. The number of nitrogens with zero attached hydrogens (tertiary/aromatic N) is 2. The molecule has 0 fully saturated rings. The molecule has 0 N–H and O–H groups in total. The van der Waals surface area contributed by atoms with E-state index in [9.17, 15) is 0 Å². The summed E-state index contributed by atoms with van der Waals surface area (Å²) in [5, 5.41) is 9.71. The molecule has 1 rings (SSSR count). The van der Waals surface area contributed by atoms with E-state index in [0.29, 0.717) is 17.2 Å². The van der Waals surface area contributed by atoms with Gasteiger partial charge in [0.05, 0.1) is 25.0 Å². The van der Waals surface area contributed by atoms with Gasteiger partial charge < -0.3 is 4.74 Å². The van der Waals surface area contributed by atoms with Gasteiger partial charge >= 0.3 is 0 Å². The largest absolute Gasteiger partial charge is 0.378 e. The molecule has 5 nitrogen and oxygen atoms in total. The molecule has 0 radical (unpaired) electrons. The number of rotatable bonds is 6. The van der Waals surface area contributed by atoms with E-state index in [1.54, 1.807) is 13.2 Å². The Morgan fingerprint density at radius 1 is 1.41 bits per heavy atom. The molecule has 1 heterocycles. The first-order chi connectivity index (χ1) is 8.26. The Hall–Kier alpha value is -1.13. The SMILES string of the molecule is COCc1nc(SC)c(C#N)cc1COOC. The zero-order valence-corrected chi connectivity index (χ0v) is 10.8. The van der Waals surface area contributed by atoms with Crippen LogP contribution in [0.15, 0.2) is 11.1 Å². The summed E-state index contributed by atoms with van der Waals surface area (Å²) in [6, 6.07) is 3.87. The van der Waals surface area contributed by atoms with Crippen LogP contribution in [-0.4, -0.2) is 25.5 Å². The monoisotopic (exact) mass is 254 g/mol. The number of ether oxygens (including phenoxy) is 1. The van der Waals surface area contributed by atoms with Crippen LogP contribution in [-0.2, 0) is 27.7 Å². The predicted octanol–water partition coefficient (Wildman–Crippen LogP) is 1.90. The maximum Gasteiger partial charge on any atom is 0.114 e. The highest BCUT2D eigenvalue weighted by Gasteiger charge is 2.11. The van der Waals surface area contributed by atoms with Gasteiger partial charge in [-0.2, -0.15) is 5.26 Å². The quantitative estimate of drug-likeness (QED) is 0.439. The summed E-state index contributed by atoms with van der Waals surface area (Å²) in [5.74, 6) is 0. The second kappa shape index (κ2) is 7.25. The molecular formula is C11H14N2O3S. The molecule has 0 aliphatic carbocycles. The van der Waals surface area contributed by atoms with Gasteiger partial charge in [0.2, 0.25) is 0 Å². The van der Waals surface area contributed by atoms with Gasteiger partial charge in [-0.1, -0.05) is 0 Å². The highest BCUT2D eigenvalue weighted by atomic mass is 32.2. The van der Waals surface area contributed by atoms with Crippen LogP contribution in [0.5, 0.6) is 0 Å². The third kappa shape index (κ3) is 3.68. The maximum atomic E-state index is 9.01. The van der Waals surface area contributed by atoms with Crippen molar-refractivity contribution in [1.29, 1.82) is 5.26 Å². The van der Waals surface area contributed by atoms with E-state index < -0.39 is 0 Å². The Morgan fingerprint density at radius 2 is 2.18 bits per heavy atom. The summed E-state index contributed by atoms with van der Waals surface area (Å²) in [7, 11) is 3.03. The average Bonchev–Trinajstić information content (AvgIpc) is 2.37. The van der Waals surface area contributed by atoms with Crippen LogP contribution in [0.25, 0.3) is 0 Å². The molecule has 0 aromatic carbocycles. The molecule has 0 atom stereocenters. The third-order valence-corrected chi connectivity index (χ3v) is 2.78. The van der Waals surface area contributed by atoms with E-state index in [1.165, 1.54) is 18.9 Å². The standard InChI is InChI=1S/C11H14N2O3S/c1-14-7-10-9(6-16-15-2)4-8(5-12)11(13-10)17-3/h4H,6-7H2,1-3H3. The van der Waals surface area contributed by atoms with Crippen molar-refractivity contribution < 1.29 is 14.5 Å². The minimum atomic E-state index is 0.242. The minimum absolute atomic E-state index is 0.242. The van der Waals surface area contributed by atoms with Crippen LogP contribution in [0.3, 0.4) is 0 Å². The summed E-state index contributed by atoms with van der Waals surface area (Å²) in [4.78, 5) is 13.8. The Balaban J connectivity index is 3.11. The Morgan fingerprint density at radius 3 is 2.71 bits per heavy atom. The molecule has 0 aliphatic rings. The van der Waals surface area contributed by atoms with Gasteiger partial charge in [-0.3, -0.25) is 0 Å². The molecule has 1 aromatic heterocycles.